The predicted octanol–water partition coefficient (Wildman–Crippen LogP) is 0.916. The monoisotopic (exact) mass is 225 g/mol. The van der Waals surface area contributed by atoms with Gasteiger partial charge in [-0.2, -0.15) is 0 Å². The van der Waals surface area contributed by atoms with Gasteiger partial charge in [-0.3, -0.25) is 10.1 Å². The largest absolute Gasteiger partial charge is 0.465 e. The molecule has 0 radical (unpaired) electrons. The fourth-order valence-electron chi connectivity index (χ4n) is 1.29. The van der Waals surface area contributed by atoms with E-state index < -0.39 is 10.9 Å². The first kappa shape index (κ1) is 12.1. The van der Waals surface area contributed by atoms with E-state index in [0.717, 1.165) is 6.07 Å². The topological polar surface area (TPSA) is 89.7 Å². The minimum absolute atomic E-state index is 0.111. The first-order chi connectivity index (χ1) is 7.58. The van der Waals surface area contributed by atoms with Crippen LogP contribution in [0, 0.1) is 10.1 Å². The van der Waals surface area contributed by atoms with Gasteiger partial charge in [0, 0.05) is 18.7 Å². The third kappa shape index (κ3) is 2.77. The Morgan fingerprint density at radius 1 is 1.50 bits per heavy atom. The summed E-state index contributed by atoms with van der Waals surface area (Å²) in [6.07, 6.45) is 0.256. The molecule has 0 spiro atoms. The Morgan fingerprint density at radius 3 is 2.69 bits per heavy atom. The molecule has 0 fully saturated rings. The van der Waals surface area contributed by atoms with E-state index in [4.69, 9.17) is 5.11 Å². The number of aliphatic hydroxyl groups is 1. The molecule has 0 saturated heterocycles. The number of esters is 1. The van der Waals surface area contributed by atoms with E-state index in [9.17, 15) is 14.9 Å². The van der Waals surface area contributed by atoms with Crippen molar-refractivity contribution in [3.8, 4) is 0 Å². The molecule has 0 heterocycles. The van der Waals surface area contributed by atoms with Gasteiger partial charge in [0.15, 0.2) is 0 Å². The quantitative estimate of drug-likeness (QED) is 0.467. The van der Waals surface area contributed by atoms with Crippen molar-refractivity contribution in [3.05, 3.63) is 39.4 Å². The molecule has 6 nitrogen and oxygen atoms in total. The van der Waals surface area contributed by atoms with Crippen molar-refractivity contribution in [1.82, 2.24) is 0 Å². The van der Waals surface area contributed by atoms with Gasteiger partial charge in [-0.1, -0.05) is 0 Å². The van der Waals surface area contributed by atoms with E-state index in [1.807, 2.05) is 0 Å². The number of non-ortho nitro benzene ring substituents is 1. The number of aliphatic hydroxyl groups excluding tert-OH is 1. The van der Waals surface area contributed by atoms with Crippen molar-refractivity contribution in [1.29, 1.82) is 0 Å². The molecule has 1 rings (SSSR count). The number of carbonyl (C=O) groups is 1. The predicted molar refractivity (Wildman–Crippen MR) is 55.2 cm³/mol. The molecule has 0 aliphatic rings. The fraction of sp³-hybridized carbons (Fsp3) is 0.300. The van der Waals surface area contributed by atoms with Gasteiger partial charge in [0.25, 0.3) is 5.69 Å². The summed E-state index contributed by atoms with van der Waals surface area (Å²) in [4.78, 5) is 21.3. The molecule has 1 N–H and O–H groups in total. The fourth-order valence-corrected chi connectivity index (χ4v) is 1.29. The van der Waals surface area contributed by atoms with Crippen LogP contribution in [0.1, 0.15) is 15.9 Å². The number of carbonyl (C=O) groups excluding carboxylic acids is 1. The molecule has 86 valence electrons. The second-order valence-corrected chi connectivity index (χ2v) is 3.11. The van der Waals surface area contributed by atoms with Gasteiger partial charge in [0.05, 0.1) is 17.6 Å². The van der Waals surface area contributed by atoms with Crippen LogP contribution in [0.2, 0.25) is 0 Å². The highest BCUT2D eigenvalue weighted by Gasteiger charge is 2.14. The van der Waals surface area contributed by atoms with Crippen LogP contribution in [0.25, 0.3) is 0 Å². The summed E-state index contributed by atoms with van der Waals surface area (Å²) < 4.78 is 4.48. The van der Waals surface area contributed by atoms with Gasteiger partial charge < -0.3 is 9.84 Å². The minimum atomic E-state index is -0.636. The van der Waals surface area contributed by atoms with E-state index in [2.05, 4.69) is 4.74 Å². The number of nitro benzene ring substituents is 1. The van der Waals surface area contributed by atoms with Crippen LogP contribution in [0.5, 0.6) is 0 Å². The zero-order valence-corrected chi connectivity index (χ0v) is 8.67. The summed E-state index contributed by atoms with van der Waals surface area (Å²) in [7, 11) is 1.20. The SMILES string of the molecule is COC(=O)c1cc(CCO)cc([N+](=O)[O-])c1. The molecular formula is C10H11NO5. The van der Waals surface area contributed by atoms with Crippen LogP contribution in [0.4, 0.5) is 5.69 Å². The average Bonchev–Trinajstić information content (AvgIpc) is 2.28. The Hall–Kier alpha value is -1.95. The van der Waals surface area contributed by atoms with Gasteiger partial charge in [0.2, 0.25) is 0 Å². The smallest absolute Gasteiger partial charge is 0.338 e. The lowest BCUT2D eigenvalue weighted by Crippen LogP contribution is -2.04. The number of rotatable bonds is 4. The van der Waals surface area contributed by atoms with Gasteiger partial charge in [-0.05, 0) is 18.1 Å². The van der Waals surface area contributed by atoms with Gasteiger partial charge in [-0.25, -0.2) is 4.79 Å². The summed E-state index contributed by atoms with van der Waals surface area (Å²) in [6, 6.07) is 3.93. The normalized spacial score (nSPS) is 9.88. The Balaban J connectivity index is 3.18. The highest BCUT2D eigenvalue weighted by Crippen LogP contribution is 2.18. The van der Waals surface area contributed by atoms with E-state index in [0.29, 0.717) is 5.56 Å². The Bertz CT molecular complexity index is 416. The number of hydrogen-bond acceptors (Lipinski definition) is 5. The summed E-state index contributed by atoms with van der Waals surface area (Å²) in [5.74, 6) is -0.636. The zero-order valence-electron chi connectivity index (χ0n) is 8.67. The van der Waals surface area contributed by atoms with E-state index in [-0.39, 0.29) is 24.3 Å². The third-order valence-electron chi connectivity index (χ3n) is 2.01. The molecule has 6 heteroatoms. The van der Waals surface area contributed by atoms with Crippen molar-refractivity contribution < 1.29 is 19.6 Å². The minimum Gasteiger partial charge on any atom is -0.465 e. The van der Waals surface area contributed by atoms with Gasteiger partial charge in [0.1, 0.15) is 0 Å². The lowest BCUT2D eigenvalue weighted by atomic mass is 10.1. The van der Waals surface area contributed by atoms with E-state index in [1.54, 1.807) is 0 Å². The number of benzene rings is 1. The number of nitrogens with zero attached hydrogens (tertiary/aromatic N) is 1. The van der Waals surface area contributed by atoms with Crippen molar-refractivity contribution >= 4 is 11.7 Å². The summed E-state index contributed by atoms with van der Waals surface area (Å²) in [5, 5.41) is 19.4. The van der Waals surface area contributed by atoms with Crippen LogP contribution in [0.3, 0.4) is 0 Å². The molecule has 0 aromatic heterocycles. The molecule has 1 aromatic carbocycles. The number of hydrogen-bond donors (Lipinski definition) is 1. The molecule has 0 aliphatic carbocycles. The highest BCUT2D eigenvalue weighted by atomic mass is 16.6. The maximum absolute atomic E-state index is 11.2. The number of nitro groups is 1. The summed E-state index contributed by atoms with van der Waals surface area (Å²) in [5.41, 5.74) is 0.448. The maximum atomic E-state index is 11.2. The van der Waals surface area contributed by atoms with Crippen LogP contribution in [0.15, 0.2) is 18.2 Å². The zero-order chi connectivity index (χ0) is 12.1. The molecule has 1 aromatic rings. The van der Waals surface area contributed by atoms with Crippen LogP contribution in [-0.2, 0) is 11.2 Å². The Morgan fingerprint density at radius 2 is 2.19 bits per heavy atom. The molecule has 0 atom stereocenters. The standard InChI is InChI=1S/C10H11NO5/c1-16-10(13)8-4-7(2-3-12)5-9(6-8)11(14)15/h4-6,12H,2-3H2,1H3. The van der Waals surface area contributed by atoms with Crippen LogP contribution >= 0.6 is 0 Å². The maximum Gasteiger partial charge on any atom is 0.338 e. The second-order valence-electron chi connectivity index (χ2n) is 3.11. The first-order valence-electron chi connectivity index (χ1n) is 4.56. The molecule has 0 aliphatic heterocycles. The van der Waals surface area contributed by atoms with Crippen LogP contribution < -0.4 is 0 Å². The molecule has 16 heavy (non-hydrogen) atoms. The highest BCUT2D eigenvalue weighted by molar-refractivity contribution is 5.90. The Kier molecular flexibility index (Phi) is 3.96. The molecular weight excluding hydrogens is 214 g/mol. The van der Waals surface area contributed by atoms with Crippen molar-refractivity contribution in [2.75, 3.05) is 13.7 Å². The number of methoxy groups -OCH3 is 1. The molecule has 0 amide bonds. The number of ether oxygens (including phenoxy) is 1. The van der Waals surface area contributed by atoms with E-state index in [1.165, 1.54) is 19.2 Å². The lowest BCUT2D eigenvalue weighted by molar-refractivity contribution is -0.384. The average molecular weight is 225 g/mol. The lowest BCUT2D eigenvalue weighted by Gasteiger charge is -2.03. The molecule has 0 unspecified atom stereocenters. The summed E-state index contributed by atoms with van der Waals surface area (Å²) in [6.45, 7) is -0.137. The molecule has 0 bridgehead atoms. The second kappa shape index (κ2) is 5.22. The first-order valence-corrected chi connectivity index (χ1v) is 4.56. The van der Waals surface area contributed by atoms with E-state index >= 15 is 0 Å². The van der Waals surface area contributed by atoms with Crippen molar-refractivity contribution in [2.24, 2.45) is 0 Å². The van der Waals surface area contributed by atoms with Gasteiger partial charge in [-0.15, -0.1) is 0 Å². The van der Waals surface area contributed by atoms with Crippen molar-refractivity contribution in [3.63, 3.8) is 0 Å². The summed E-state index contributed by atoms with van der Waals surface area (Å²) >= 11 is 0. The van der Waals surface area contributed by atoms with Crippen molar-refractivity contribution in [2.45, 2.75) is 6.42 Å². The molecule has 0 saturated carbocycles. The van der Waals surface area contributed by atoms with Crippen LogP contribution in [-0.4, -0.2) is 29.7 Å². The van der Waals surface area contributed by atoms with Gasteiger partial charge >= 0.3 is 5.97 Å². The third-order valence-corrected chi connectivity index (χ3v) is 2.01. The Labute approximate surface area is 91.6 Å².